The molecular weight excluding hydrogens is 246 g/mol. The predicted molar refractivity (Wildman–Crippen MR) is 75.0 cm³/mol. The van der Waals surface area contributed by atoms with Crippen molar-refractivity contribution in [1.29, 1.82) is 0 Å². The number of benzene rings is 1. The number of hydrogen-bond acceptors (Lipinski definition) is 5. The molecule has 0 amide bonds. The summed E-state index contributed by atoms with van der Waals surface area (Å²) in [5, 5.41) is 8.50. The minimum absolute atomic E-state index is 0.0477. The summed E-state index contributed by atoms with van der Waals surface area (Å²) < 4.78 is 15.9. The minimum Gasteiger partial charge on any atom is -0.491 e. The Morgan fingerprint density at radius 1 is 0.895 bits per heavy atom. The molecular formula is C14H23NO4. The van der Waals surface area contributed by atoms with Gasteiger partial charge in [-0.15, -0.1) is 0 Å². The first-order chi connectivity index (χ1) is 9.24. The van der Waals surface area contributed by atoms with Crippen molar-refractivity contribution in [2.24, 2.45) is 0 Å². The lowest BCUT2D eigenvalue weighted by Gasteiger charge is -2.13. The Morgan fingerprint density at radius 2 is 1.47 bits per heavy atom. The van der Waals surface area contributed by atoms with Gasteiger partial charge in [-0.1, -0.05) is 0 Å². The SMILES string of the molecule is CN(C)c1ccc(OCCOCCOCCO)cc1. The highest BCUT2D eigenvalue weighted by Crippen LogP contribution is 2.17. The van der Waals surface area contributed by atoms with Crippen molar-refractivity contribution in [3.63, 3.8) is 0 Å². The van der Waals surface area contributed by atoms with E-state index in [9.17, 15) is 0 Å². The van der Waals surface area contributed by atoms with Crippen molar-refractivity contribution < 1.29 is 19.3 Å². The molecule has 1 rings (SSSR count). The molecule has 0 heterocycles. The van der Waals surface area contributed by atoms with Gasteiger partial charge in [0.1, 0.15) is 12.4 Å². The fourth-order valence-electron chi connectivity index (χ4n) is 1.45. The second-order valence-electron chi connectivity index (χ2n) is 4.19. The van der Waals surface area contributed by atoms with Crippen LogP contribution in [0, 0.1) is 0 Å². The van der Waals surface area contributed by atoms with E-state index in [-0.39, 0.29) is 6.61 Å². The lowest BCUT2D eigenvalue weighted by Crippen LogP contribution is -2.12. The maximum atomic E-state index is 8.50. The van der Waals surface area contributed by atoms with E-state index in [1.165, 1.54) is 0 Å². The third-order valence-corrected chi connectivity index (χ3v) is 2.46. The molecule has 1 aromatic carbocycles. The molecule has 5 nitrogen and oxygen atoms in total. The maximum Gasteiger partial charge on any atom is 0.119 e. The van der Waals surface area contributed by atoms with Crippen molar-refractivity contribution in [3.05, 3.63) is 24.3 Å². The van der Waals surface area contributed by atoms with Crippen molar-refractivity contribution in [3.8, 4) is 5.75 Å². The number of aliphatic hydroxyl groups is 1. The molecule has 19 heavy (non-hydrogen) atoms. The van der Waals surface area contributed by atoms with Gasteiger partial charge >= 0.3 is 0 Å². The second-order valence-corrected chi connectivity index (χ2v) is 4.19. The van der Waals surface area contributed by atoms with Crippen LogP contribution in [-0.4, -0.2) is 58.8 Å². The van der Waals surface area contributed by atoms with E-state index in [0.29, 0.717) is 33.0 Å². The summed E-state index contributed by atoms with van der Waals surface area (Å²) in [6.07, 6.45) is 0. The van der Waals surface area contributed by atoms with E-state index < -0.39 is 0 Å². The first kappa shape index (κ1) is 15.8. The predicted octanol–water partition coefficient (Wildman–Crippen LogP) is 1.16. The van der Waals surface area contributed by atoms with E-state index in [4.69, 9.17) is 19.3 Å². The molecule has 0 unspecified atom stereocenters. The number of ether oxygens (including phenoxy) is 3. The van der Waals surface area contributed by atoms with Gasteiger partial charge in [0.15, 0.2) is 0 Å². The summed E-state index contributed by atoms with van der Waals surface area (Å²) in [6.45, 7) is 2.46. The second kappa shape index (κ2) is 9.61. The molecule has 1 N–H and O–H groups in total. The van der Waals surface area contributed by atoms with Crippen molar-refractivity contribution >= 4 is 5.69 Å². The van der Waals surface area contributed by atoms with Crippen LogP contribution in [-0.2, 0) is 9.47 Å². The van der Waals surface area contributed by atoms with Crippen LogP contribution >= 0.6 is 0 Å². The molecule has 0 spiro atoms. The van der Waals surface area contributed by atoms with Gasteiger partial charge in [-0.3, -0.25) is 0 Å². The molecule has 0 bridgehead atoms. The van der Waals surface area contributed by atoms with Crippen LogP contribution in [0.5, 0.6) is 5.75 Å². The van der Waals surface area contributed by atoms with Gasteiger partial charge < -0.3 is 24.2 Å². The highest BCUT2D eigenvalue weighted by Gasteiger charge is 1.97. The van der Waals surface area contributed by atoms with Crippen molar-refractivity contribution in [2.45, 2.75) is 0 Å². The van der Waals surface area contributed by atoms with Crippen LogP contribution in [0.1, 0.15) is 0 Å². The Balaban J connectivity index is 2.06. The summed E-state index contributed by atoms with van der Waals surface area (Å²) in [7, 11) is 4.01. The summed E-state index contributed by atoms with van der Waals surface area (Å²) >= 11 is 0. The average Bonchev–Trinajstić information content (AvgIpc) is 2.42. The fraction of sp³-hybridized carbons (Fsp3) is 0.571. The highest BCUT2D eigenvalue weighted by atomic mass is 16.5. The Kier molecular flexibility index (Phi) is 7.97. The molecule has 0 aromatic heterocycles. The average molecular weight is 269 g/mol. The van der Waals surface area contributed by atoms with Crippen LogP contribution in [0.4, 0.5) is 5.69 Å². The first-order valence-corrected chi connectivity index (χ1v) is 6.40. The van der Waals surface area contributed by atoms with E-state index in [1.54, 1.807) is 0 Å². The standard InChI is InChI=1S/C14H23NO4/c1-15(2)13-3-5-14(6-4-13)19-12-11-18-10-9-17-8-7-16/h3-6,16H,7-12H2,1-2H3. The Hall–Kier alpha value is -1.30. The molecule has 0 fully saturated rings. The van der Waals surface area contributed by atoms with Gasteiger partial charge in [0, 0.05) is 19.8 Å². The van der Waals surface area contributed by atoms with E-state index in [1.807, 2.05) is 43.3 Å². The van der Waals surface area contributed by atoms with E-state index in [2.05, 4.69) is 0 Å². The molecule has 1 aromatic rings. The van der Waals surface area contributed by atoms with E-state index in [0.717, 1.165) is 11.4 Å². The Morgan fingerprint density at radius 3 is 2.05 bits per heavy atom. The van der Waals surface area contributed by atoms with Crippen LogP contribution in [0.25, 0.3) is 0 Å². The molecule has 0 saturated carbocycles. The summed E-state index contributed by atoms with van der Waals surface area (Å²) in [4.78, 5) is 2.04. The Bertz CT molecular complexity index is 327. The Labute approximate surface area is 114 Å². The zero-order valence-corrected chi connectivity index (χ0v) is 11.7. The van der Waals surface area contributed by atoms with Gasteiger partial charge in [-0.25, -0.2) is 0 Å². The van der Waals surface area contributed by atoms with Gasteiger partial charge in [0.2, 0.25) is 0 Å². The molecule has 0 aliphatic heterocycles. The molecule has 0 aliphatic carbocycles. The van der Waals surface area contributed by atoms with Crippen LogP contribution < -0.4 is 9.64 Å². The smallest absolute Gasteiger partial charge is 0.119 e. The third-order valence-electron chi connectivity index (χ3n) is 2.46. The molecule has 0 saturated heterocycles. The molecule has 108 valence electrons. The molecule has 0 radical (unpaired) electrons. The lowest BCUT2D eigenvalue weighted by atomic mass is 10.3. The van der Waals surface area contributed by atoms with Crippen LogP contribution in [0.15, 0.2) is 24.3 Å². The highest BCUT2D eigenvalue weighted by molar-refractivity contribution is 5.47. The lowest BCUT2D eigenvalue weighted by molar-refractivity contribution is 0.0247. The van der Waals surface area contributed by atoms with Gasteiger partial charge in [-0.2, -0.15) is 0 Å². The summed E-state index contributed by atoms with van der Waals surface area (Å²) in [6, 6.07) is 7.91. The normalized spacial score (nSPS) is 10.5. The maximum absolute atomic E-state index is 8.50. The number of aliphatic hydroxyl groups excluding tert-OH is 1. The zero-order chi connectivity index (χ0) is 13.9. The molecule has 0 atom stereocenters. The van der Waals surface area contributed by atoms with Crippen LogP contribution in [0.3, 0.4) is 0 Å². The third kappa shape index (κ3) is 7.00. The van der Waals surface area contributed by atoms with Gasteiger partial charge in [0.25, 0.3) is 0 Å². The molecule has 5 heteroatoms. The molecule has 0 aliphatic rings. The number of nitrogens with zero attached hydrogens (tertiary/aromatic N) is 1. The topological polar surface area (TPSA) is 51.2 Å². The number of hydrogen-bond donors (Lipinski definition) is 1. The first-order valence-electron chi connectivity index (χ1n) is 6.40. The van der Waals surface area contributed by atoms with Gasteiger partial charge in [0.05, 0.1) is 33.0 Å². The quantitative estimate of drug-likeness (QED) is 0.646. The van der Waals surface area contributed by atoms with Crippen molar-refractivity contribution in [2.75, 3.05) is 58.6 Å². The number of anilines is 1. The minimum atomic E-state index is 0.0477. The number of rotatable bonds is 10. The van der Waals surface area contributed by atoms with Crippen molar-refractivity contribution in [1.82, 2.24) is 0 Å². The summed E-state index contributed by atoms with van der Waals surface area (Å²) in [5.74, 6) is 0.839. The van der Waals surface area contributed by atoms with E-state index >= 15 is 0 Å². The largest absolute Gasteiger partial charge is 0.491 e. The fourth-order valence-corrected chi connectivity index (χ4v) is 1.45. The summed E-state index contributed by atoms with van der Waals surface area (Å²) in [5.41, 5.74) is 1.14. The van der Waals surface area contributed by atoms with Crippen LogP contribution in [0.2, 0.25) is 0 Å². The monoisotopic (exact) mass is 269 g/mol. The zero-order valence-electron chi connectivity index (χ0n) is 11.7. The van der Waals surface area contributed by atoms with Gasteiger partial charge in [-0.05, 0) is 24.3 Å².